The summed E-state index contributed by atoms with van der Waals surface area (Å²) in [4.78, 5) is 0. The van der Waals surface area contributed by atoms with Crippen LogP contribution in [0.25, 0.3) is 11.3 Å². The van der Waals surface area contributed by atoms with Crippen molar-refractivity contribution < 1.29 is 4.42 Å². The Morgan fingerprint density at radius 2 is 1.67 bits per heavy atom. The van der Waals surface area contributed by atoms with E-state index in [1.54, 1.807) is 0 Å². The summed E-state index contributed by atoms with van der Waals surface area (Å²) in [6.45, 7) is 5.92. The summed E-state index contributed by atoms with van der Waals surface area (Å²) in [7, 11) is 0. The lowest BCUT2D eigenvalue weighted by Crippen LogP contribution is -1.74. The van der Waals surface area contributed by atoms with Crippen molar-refractivity contribution in [1.82, 2.24) is 0 Å². The Kier molecular flexibility index (Phi) is 4.44. The van der Waals surface area contributed by atoms with Gasteiger partial charge in [0.1, 0.15) is 11.5 Å². The van der Waals surface area contributed by atoms with Crippen molar-refractivity contribution >= 4 is 11.6 Å². The van der Waals surface area contributed by atoms with Gasteiger partial charge < -0.3 is 4.42 Å². The van der Waals surface area contributed by atoms with Gasteiger partial charge in [0.05, 0.1) is 5.02 Å². The number of hydrogen-bond acceptors (Lipinski definition) is 1. The molecule has 0 saturated carbocycles. The molecule has 15 heavy (non-hydrogen) atoms. The fraction of sp³-hybridized carbons (Fsp3) is 0.231. The molecule has 0 aliphatic carbocycles. The smallest absolute Gasteiger partial charge is 0.135 e. The topological polar surface area (TPSA) is 13.1 Å². The molecule has 0 fully saturated rings. The Morgan fingerprint density at radius 1 is 1.00 bits per heavy atom. The molecule has 0 bridgehead atoms. The van der Waals surface area contributed by atoms with Crippen LogP contribution in [0.15, 0.2) is 40.8 Å². The Labute approximate surface area is 95.7 Å². The highest BCUT2D eigenvalue weighted by molar-refractivity contribution is 6.33. The SMILES string of the molecule is CC.Cc1ccc(-c2ccccc2Cl)o1. The van der Waals surface area contributed by atoms with Gasteiger partial charge in [0.2, 0.25) is 0 Å². The summed E-state index contributed by atoms with van der Waals surface area (Å²) in [5, 5.41) is 0.719. The van der Waals surface area contributed by atoms with Gasteiger partial charge >= 0.3 is 0 Å². The van der Waals surface area contributed by atoms with E-state index in [2.05, 4.69) is 0 Å². The molecule has 1 aromatic heterocycles. The van der Waals surface area contributed by atoms with E-state index in [-0.39, 0.29) is 0 Å². The van der Waals surface area contributed by atoms with E-state index in [0.717, 1.165) is 22.1 Å². The Bertz CT molecular complexity index is 418. The molecule has 0 N–H and O–H groups in total. The van der Waals surface area contributed by atoms with Gasteiger partial charge in [-0.1, -0.05) is 37.6 Å². The average Bonchev–Trinajstić information content (AvgIpc) is 2.68. The minimum Gasteiger partial charge on any atom is -0.461 e. The van der Waals surface area contributed by atoms with Crippen molar-refractivity contribution in [2.75, 3.05) is 0 Å². The lowest BCUT2D eigenvalue weighted by atomic mass is 10.2. The molecule has 0 atom stereocenters. The van der Waals surface area contributed by atoms with Gasteiger partial charge in [-0.05, 0) is 31.2 Å². The first-order valence-corrected chi connectivity index (χ1v) is 5.46. The molecule has 0 aliphatic heterocycles. The third-order valence-electron chi connectivity index (χ3n) is 1.88. The Balaban J connectivity index is 0.000000531. The molecule has 1 nitrogen and oxygen atoms in total. The number of furan rings is 1. The first-order valence-electron chi connectivity index (χ1n) is 5.09. The molecule has 2 rings (SSSR count). The zero-order valence-electron chi connectivity index (χ0n) is 9.25. The van der Waals surface area contributed by atoms with Gasteiger partial charge in [-0.15, -0.1) is 0 Å². The predicted octanol–water partition coefficient (Wildman–Crippen LogP) is 4.93. The van der Waals surface area contributed by atoms with Gasteiger partial charge in [0, 0.05) is 5.56 Å². The molecular weight excluding hydrogens is 208 g/mol. The van der Waals surface area contributed by atoms with E-state index < -0.39 is 0 Å². The zero-order chi connectivity index (χ0) is 11.3. The van der Waals surface area contributed by atoms with Crippen LogP contribution >= 0.6 is 11.6 Å². The normalized spacial score (nSPS) is 9.33. The van der Waals surface area contributed by atoms with Crippen LogP contribution in [0.3, 0.4) is 0 Å². The van der Waals surface area contributed by atoms with Crippen molar-refractivity contribution in [3.05, 3.63) is 47.2 Å². The molecule has 0 aliphatic rings. The van der Waals surface area contributed by atoms with Crippen LogP contribution in [0.1, 0.15) is 19.6 Å². The number of rotatable bonds is 1. The predicted molar refractivity (Wildman–Crippen MR) is 65.2 cm³/mol. The van der Waals surface area contributed by atoms with Crippen LogP contribution in [0, 0.1) is 6.92 Å². The first kappa shape index (κ1) is 11.9. The standard InChI is InChI=1S/C11H9ClO.C2H6/c1-8-6-7-11(13-8)9-4-2-3-5-10(9)12;1-2/h2-7H,1H3;1-2H3. The molecule has 0 saturated heterocycles. The van der Waals surface area contributed by atoms with E-state index in [1.165, 1.54) is 0 Å². The van der Waals surface area contributed by atoms with Crippen molar-refractivity contribution in [2.45, 2.75) is 20.8 Å². The van der Waals surface area contributed by atoms with Gasteiger partial charge in [-0.3, -0.25) is 0 Å². The molecular formula is C13H15ClO. The maximum atomic E-state index is 6.01. The van der Waals surface area contributed by atoms with Gasteiger partial charge in [-0.2, -0.15) is 0 Å². The molecule has 1 heterocycles. The number of benzene rings is 1. The van der Waals surface area contributed by atoms with E-state index in [9.17, 15) is 0 Å². The minimum absolute atomic E-state index is 0.719. The molecule has 1 aromatic carbocycles. The zero-order valence-corrected chi connectivity index (χ0v) is 10.0. The molecule has 0 unspecified atom stereocenters. The number of aryl methyl sites for hydroxylation is 1. The first-order chi connectivity index (χ1) is 7.27. The maximum Gasteiger partial charge on any atom is 0.135 e. The molecule has 2 aromatic rings. The lowest BCUT2D eigenvalue weighted by molar-refractivity contribution is 0.548. The fourth-order valence-corrected chi connectivity index (χ4v) is 1.47. The largest absolute Gasteiger partial charge is 0.461 e. The highest BCUT2D eigenvalue weighted by Crippen LogP contribution is 2.28. The number of halogens is 1. The molecule has 2 heteroatoms. The van der Waals surface area contributed by atoms with Crippen LogP contribution < -0.4 is 0 Å². The van der Waals surface area contributed by atoms with Gasteiger partial charge in [-0.25, -0.2) is 0 Å². The summed E-state index contributed by atoms with van der Waals surface area (Å²) in [5.41, 5.74) is 0.942. The Morgan fingerprint density at radius 3 is 2.20 bits per heavy atom. The third-order valence-corrected chi connectivity index (χ3v) is 2.21. The van der Waals surface area contributed by atoms with Crippen LogP contribution in [-0.4, -0.2) is 0 Å². The second-order valence-electron chi connectivity index (χ2n) is 2.89. The monoisotopic (exact) mass is 222 g/mol. The quantitative estimate of drug-likeness (QED) is 0.667. The number of hydrogen-bond donors (Lipinski definition) is 0. The average molecular weight is 223 g/mol. The summed E-state index contributed by atoms with van der Waals surface area (Å²) < 4.78 is 5.47. The van der Waals surface area contributed by atoms with Gasteiger partial charge in [0.25, 0.3) is 0 Å². The summed E-state index contributed by atoms with van der Waals surface area (Å²) in [6.07, 6.45) is 0. The van der Waals surface area contributed by atoms with E-state index in [1.807, 2.05) is 57.2 Å². The lowest BCUT2D eigenvalue weighted by Gasteiger charge is -1.98. The van der Waals surface area contributed by atoms with Crippen molar-refractivity contribution in [1.29, 1.82) is 0 Å². The highest BCUT2D eigenvalue weighted by atomic mass is 35.5. The highest BCUT2D eigenvalue weighted by Gasteiger charge is 2.05. The van der Waals surface area contributed by atoms with Crippen molar-refractivity contribution in [3.8, 4) is 11.3 Å². The van der Waals surface area contributed by atoms with Gasteiger partial charge in [0.15, 0.2) is 0 Å². The summed E-state index contributed by atoms with van der Waals surface area (Å²) >= 11 is 6.01. The summed E-state index contributed by atoms with van der Waals surface area (Å²) in [5.74, 6) is 1.72. The van der Waals surface area contributed by atoms with Crippen molar-refractivity contribution in [3.63, 3.8) is 0 Å². The van der Waals surface area contributed by atoms with Crippen LogP contribution in [0.5, 0.6) is 0 Å². The van der Waals surface area contributed by atoms with Crippen LogP contribution in [0.4, 0.5) is 0 Å². The second kappa shape index (κ2) is 5.62. The summed E-state index contributed by atoms with van der Waals surface area (Å²) in [6, 6.07) is 11.5. The minimum atomic E-state index is 0.719. The fourth-order valence-electron chi connectivity index (χ4n) is 1.24. The molecule has 0 radical (unpaired) electrons. The van der Waals surface area contributed by atoms with Crippen LogP contribution in [-0.2, 0) is 0 Å². The molecule has 80 valence electrons. The van der Waals surface area contributed by atoms with Crippen LogP contribution in [0.2, 0.25) is 5.02 Å². The van der Waals surface area contributed by atoms with E-state index >= 15 is 0 Å². The molecule has 0 amide bonds. The Hall–Kier alpha value is -1.21. The van der Waals surface area contributed by atoms with E-state index in [0.29, 0.717) is 0 Å². The van der Waals surface area contributed by atoms with Crippen molar-refractivity contribution in [2.24, 2.45) is 0 Å². The third kappa shape index (κ3) is 2.87. The molecule has 0 spiro atoms. The van der Waals surface area contributed by atoms with E-state index in [4.69, 9.17) is 16.0 Å². The maximum absolute atomic E-state index is 6.01. The second-order valence-corrected chi connectivity index (χ2v) is 3.30.